The van der Waals surface area contributed by atoms with Crippen LogP contribution in [0.2, 0.25) is 0 Å². The summed E-state index contributed by atoms with van der Waals surface area (Å²) >= 11 is 0. The van der Waals surface area contributed by atoms with Crippen molar-refractivity contribution < 1.29 is 4.79 Å². The van der Waals surface area contributed by atoms with Crippen LogP contribution >= 0.6 is 0 Å². The lowest BCUT2D eigenvalue weighted by atomic mass is 9.96. The van der Waals surface area contributed by atoms with E-state index in [-0.39, 0.29) is 11.8 Å². The van der Waals surface area contributed by atoms with Crippen LogP contribution in [0.5, 0.6) is 0 Å². The highest BCUT2D eigenvalue weighted by molar-refractivity contribution is 5.78. The topological polar surface area (TPSA) is 69.0 Å². The minimum atomic E-state index is 0.0564. The fraction of sp³-hybridized carbons (Fsp3) is 0.500. The van der Waals surface area contributed by atoms with Crippen molar-refractivity contribution in [3.63, 3.8) is 0 Å². The molecule has 1 aliphatic heterocycles. The van der Waals surface area contributed by atoms with E-state index in [2.05, 4.69) is 21.3 Å². The SMILES string of the molecule is CNC(=O)C1CCCN(Cc2cccnc2C#N)C1. The van der Waals surface area contributed by atoms with Gasteiger partial charge in [-0.3, -0.25) is 9.69 Å². The van der Waals surface area contributed by atoms with Crippen molar-refractivity contribution in [3.8, 4) is 6.07 Å². The number of rotatable bonds is 3. The zero-order chi connectivity index (χ0) is 13.7. The highest BCUT2D eigenvalue weighted by Gasteiger charge is 2.25. The summed E-state index contributed by atoms with van der Waals surface area (Å²) in [4.78, 5) is 18.0. The number of piperidine rings is 1. The third kappa shape index (κ3) is 3.30. The summed E-state index contributed by atoms with van der Waals surface area (Å²) in [7, 11) is 1.68. The summed E-state index contributed by atoms with van der Waals surface area (Å²) in [6, 6.07) is 5.88. The van der Waals surface area contributed by atoms with E-state index in [4.69, 9.17) is 5.26 Å². The molecule has 1 aliphatic rings. The molecule has 2 rings (SSSR count). The third-order valence-corrected chi connectivity index (χ3v) is 3.51. The molecule has 0 saturated carbocycles. The Balaban J connectivity index is 2.03. The van der Waals surface area contributed by atoms with Crippen LogP contribution < -0.4 is 5.32 Å². The number of hydrogen-bond acceptors (Lipinski definition) is 4. The molecule has 0 bridgehead atoms. The maximum atomic E-state index is 11.7. The quantitative estimate of drug-likeness (QED) is 0.875. The van der Waals surface area contributed by atoms with Crippen LogP contribution in [0.15, 0.2) is 18.3 Å². The molecule has 1 aromatic heterocycles. The number of likely N-dealkylation sites (tertiary alicyclic amines) is 1. The van der Waals surface area contributed by atoms with Crippen molar-refractivity contribution >= 4 is 5.91 Å². The van der Waals surface area contributed by atoms with E-state index < -0.39 is 0 Å². The molecule has 0 aliphatic carbocycles. The number of carbonyl (C=O) groups excluding carboxylic acids is 1. The molecule has 1 N–H and O–H groups in total. The first kappa shape index (κ1) is 13.5. The van der Waals surface area contributed by atoms with E-state index in [1.54, 1.807) is 13.2 Å². The molecule has 1 aromatic rings. The van der Waals surface area contributed by atoms with Crippen LogP contribution in [0.1, 0.15) is 24.1 Å². The van der Waals surface area contributed by atoms with Crippen LogP contribution in [0.4, 0.5) is 0 Å². The van der Waals surface area contributed by atoms with Crippen LogP contribution in [0.25, 0.3) is 0 Å². The molecule has 100 valence electrons. The summed E-state index contributed by atoms with van der Waals surface area (Å²) < 4.78 is 0. The minimum Gasteiger partial charge on any atom is -0.359 e. The standard InChI is InChI=1S/C14H18N4O/c1-16-14(19)12-5-3-7-18(10-12)9-11-4-2-6-17-13(11)8-15/h2,4,6,12H,3,5,7,9-10H2,1H3,(H,16,19). The van der Waals surface area contributed by atoms with E-state index in [1.165, 1.54) is 0 Å². The summed E-state index contributed by atoms with van der Waals surface area (Å²) in [6.45, 7) is 2.40. The average Bonchev–Trinajstić information content (AvgIpc) is 2.47. The first-order valence-electron chi connectivity index (χ1n) is 6.52. The van der Waals surface area contributed by atoms with Crippen molar-refractivity contribution in [2.45, 2.75) is 19.4 Å². The Bertz CT molecular complexity index is 494. The summed E-state index contributed by atoms with van der Waals surface area (Å²) in [5.74, 6) is 0.164. The predicted molar refractivity (Wildman–Crippen MR) is 71.0 cm³/mol. The molecule has 0 aromatic carbocycles. The number of hydrogen-bond donors (Lipinski definition) is 1. The van der Waals surface area contributed by atoms with Gasteiger partial charge in [0.2, 0.25) is 5.91 Å². The Morgan fingerprint density at radius 1 is 1.68 bits per heavy atom. The van der Waals surface area contributed by atoms with Gasteiger partial charge in [-0.05, 0) is 25.5 Å². The Morgan fingerprint density at radius 3 is 3.26 bits per heavy atom. The number of carbonyl (C=O) groups is 1. The fourth-order valence-electron chi connectivity index (χ4n) is 2.53. The number of nitrogens with zero attached hydrogens (tertiary/aromatic N) is 3. The van der Waals surface area contributed by atoms with Gasteiger partial charge in [0.15, 0.2) is 0 Å². The Kier molecular flexibility index (Phi) is 4.48. The van der Waals surface area contributed by atoms with Gasteiger partial charge < -0.3 is 5.32 Å². The molecule has 0 spiro atoms. The Labute approximate surface area is 113 Å². The van der Waals surface area contributed by atoms with Gasteiger partial charge in [-0.2, -0.15) is 5.26 Å². The maximum Gasteiger partial charge on any atom is 0.224 e. The van der Waals surface area contributed by atoms with Crippen molar-refractivity contribution in [2.75, 3.05) is 20.1 Å². The van der Waals surface area contributed by atoms with Crippen LogP contribution in [0, 0.1) is 17.2 Å². The molecule has 19 heavy (non-hydrogen) atoms. The second kappa shape index (κ2) is 6.30. The van der Waals surface area contributed by atoms with Gasteiger partial charge in [-0.15, -0.1) is 0 Å². The van der Waals surface area contributed by atoms with Gasteiger partial charge in [0, 0.05) is 31.9 Å². The Hall–Kier alpha value is -1.93. The first-order chi connectivity index (χ1) is 9.24. The second-order valence-electron chi connectivity index (χ2n) is 4.81. The van der Waals surface area contributed by atoms with Crippen LogP contribution in [-0.4, -0.2) is 35.9 Å². The molecule has 1 unspecified atom stereocenters. The zero-order valence-corrected chi connectivity index (χ0v) is 11.1. The predicted octanol–water partition coefficient (Wildman–Crippen LogP) is 0.911. The minimum absolute atomic E-state index is 0.0564. The van der Waals surface area contributed by atoms with E-state index >= 15 is 0 Å². The normalized spacial score (nSPS) is 19.7. The van der Waals surface area contributed by atoms with Crippen molar-refractivity contribution in [1.29, 1.82) is 5.26 Å². The number of aromatic nitrogens is 1. The monoisotopic (exact) mass is 258 g/mol. The first-order valence-corrected chi connectivity index (χ1v) is 6.52. The smallest absolute Gasteiger partial charge is 0.224 e. The van der Waals surface area contributed by atoms with E-state index in [1.807, 2.05) is 12.1 Å². The number of nitrogens with one attached hydrogen (secondary N) is 1. The van der Waals surface area contributed by atoms with E-state index in [0.717, 1.165) is 31.5 Å². The van der Waals surface area contributed by atoms with Gasteiger partial charge in [0.1, 0.15) is 11.8 Å². The summed E-state index contributed by atoms with van der Waals surface area (Å²) in [5.41, 5.74) is 1.41. The highest BCUT2D eigenvalue weighted by Crippen LogP contribution is 2.19. The lowest BCUT2D eigenvalue weighted by Crippen LogP contribution is -2.41. The lowest BCUT2D eigenvalue weighted by Gasteiger charge is -2.31. The molecular weight excluding hydrogens is 240 g/mol. The molecule has 2 heterocycles. The molecule has 5 nitrogen and oxygen atoms in total. The van der Waals surface area contributed by atoms with Crippen molar-refractivity contribution in [3.05, 3.63) is 29.6 Å². The maximum absolute atomic E-state index is 11.7. The van der Waals surface area contributed by atoms with E-state index in [0.29, 0.717) is 12.2 Å². The zero-order valence-electron chi connectivity index (χ0n) is 11.1. The van der Waals surface area contributed by atoms with Crippen LogP contribution in [-0.2, 0) is 11.3 Å². The van der Waals surface area contributed by atoms with Gasteiger partial charge in [-0.25, -0.2) is 4.98 Å². The summed E-state index contributed by atoms with van der Waals surface area (Å²) in [6.07, 6.45) is 3.58. The van der Waals surface area contributed by atoms with E-state index in [9.17, 15) is 4.79 Å². The molecule has 1 atom stereocenters. The second-order valence-corrected chi connectivity index (χ2v) is 4.81. The van der Waals surface area contributed by atoms with Crippen molar-refractivity contribution in [1.82, 2.24) is 15.2 Å². The fourth-order valence-corrected chi connectivity index (χ4v) is 2.53. The number of nitriles is 1. The van der Waals surface area contributed by atoms with Gasteiger partial charge in [0.25, 0.3) is 0 Å². The van der Waals surface area contributed by atoms with Gasteiger partial charge in [-0.1, -0.05) is 6.07 Å². The molecule has 5 heteroatoms. The number of pyridine rings is 1. The van der Waals surface area contributed by atoms with Crippen molar-refractivity contribution in [2.24, 2.45) is 5.92 Å². The average molecular weight is 258 g/mol. The molecule has 1 amide bonds. The molecular formula is C14H18N4O. The Morgan fingerprint density at radius 2 is 2.53 bits per heavy atom. The molecule has 1 saturated heterocycles. The largest absolute Gasteiger partial charge is 0.359 e. The molecule has 0 radical (unpaired) electrons. The highest BCUT2D eigenvalue weighted by atomic mass is 16.1. The number of amides is 1. The van der Waals surface area contributed by atoms with Gasteiger partial charge in [0.05, 0.1) is 5.92 Å². The lowest BCUT2D eigenvalue weighted by molar-refractivity contribution is -0.126. The van der Waals surface area contributed by atoms with Crippen LogP contribution in [0.3, 0.4) is 0 Å². The van der Waals surface area contributed by atoms with Gasteiger partial charge >= 0.3 is 0 Å². The summed E-state index contributed by atoms with van der Waals surface area (Å²) in [5, 5.41) is 11.7. The molecule has 1 fully saturated rings. The third-order valence-electron chi connectivity index (χ3n) is 3.51.